The first-order valence-corrected chi connectivity index (χ1v) is 11.5. The second-order valence-electron chi connectivity index (χ2n) is 9.04. The van der Waals surface area contributed by atoms with E-state index in [9.17, 15) is 10.1 Å². The fourth-order valence-corrected chi connectivity index (χ4v) is 4.90. The number of non-ortho nitro benzene ring substituents is 1. The minimum absolute atomic E-state index is 0.0729. The third-order valence-corrected chi connectivity index (χ3v) is 6.66. The van der Waals surface area contributed by atoms with Crippen LogP contribution in [0.4, 0.5) is 11.4 Å². The van der Waals surface area contributed by atoms with E-state index in [0.717, 1.165) is 30.7 Å². The minimum atomic E-state index is -0.362. The number of nitro benzene ring substituents is 1. The van der Waals surface area contributed by atoms with E-state index in [4.69, 9.17) is 5.10 Å². The third kappa shape index (κ3) is 4.19. The number of allylic oxidation sites excluding steroid dienone is 1. The molecule has 0 N–H and O–H groups in total. The topological polar surface area (TPSA) is 58.7 Å². The second-order valence-corrected chi connectivity index (χ2v) is 9.04. The van der Waals surface area contributed by atoms with E-state index in [1.165, 1.54) is 27.8 Å². The highest BCUT2D eigenvalue weighted by Crippen LogP contribution is 2.46. The largest absolute Gasteiger partial charge is 0.269 e. The van der Waals surface area contributed by atoms with Crippen molar-refractivity contribution in [2.75, 3.05) is 5.01 Å². The lowest BCUT2D eigenvalue weighted by atomic mass is 9.77. The summed E-state index contributed by atoms with van der Waals surface area (Å²) in [5, 5.41) is 18.4. The molecule has 2 aliphatic rings. The SMILES string of the molecule is Cc1ccc(/C=C2/CCC[C@@H]3C2=NN(c2ccc([N+](=O)[O-])cc2)[C@H]3c2ccc(C)cc2)cc1. The molecule has 3 aromatic carbocycles. The Hall–Kier alpha value is -3.73. The highest BCUT2D eigenvalue weighted by molar-refractivity contribution is 6.08. The smallest absolute Gasteiger partial charge is 0.258 e. The molecule has 1 heterocycles. The Morgan fingerprint density at radius 3 is 2.21 bits per heavy atom. The molecule has 2 atom stereocenters. The van der Waals surface area contributed by atoms with E-state index in [0.29, 0.717) is 0 Å². The summed E-state index contributed by atoms with van der Waals surface area (Å²) in [5.41, 5.74) is 8.29. The van der Waals surface area contributed by atoms with Gasteiger partial charge in [0.25, 0.3) is 5.69 Å². The van der Waals surface area contributed by atoms with Crippen LogP contribution in [0.2, 0.25) is 0 Å². The number of aryl methyl sites for hydroxylation is 2. The number of anilines is 1. The quantitative estimate of drug-likeness (QED) is 0.326. The van der Waals surface area contributed by atoms with Crippen molar-refractivity contribution in [1.82, 2.24) is 0 Å². The van der Waals surface area contributed by atoms with Gasteiger partial charge >= 0.3 is 0 Å². The molecule has 1 aliphatic carbocycles. The fourth-order valence-electron chi connectivity index (χ4n) is 4.90. The standard InChI is InChI=1S/C28H27N3O2/c1-19-6-10-21(11-7-19)18-23-4-3-5-26-27(23)29-30(24-14-16-25(17-15-24)31(32)33)28(26)22-12-8-20(2)9-13-22/h6-18,26,28H,3-5H2,1-2H3/b23-18-/t26-,28+/m1/s1. The molecule has 0 unspecified atom stereocenters. The molecule has 0 spiro atoms. The zero-order valence-corrected chi connectivity index (χ0v) is 18.9. The summed E-state index contributed by atoms with van der Waals surface area (Å²) in [7, 11) is 0. The van der Waals surface area contributed by atoms with Crippen LogP contribution in [0.25, 0.3) is 6.08 Å². The Kier molecular flexibility index (Phi) is 5.55. The number of hydrogen-bond acceptors (Lipinski definition) is 4. The van der Waals surface area contributed by atoms with Crippen molar-refractivity contribution in [2.24, 2.45) is 11.0 Å². The molecule has 3 aromatic rings. The molecule has 0 saturated heterocycles. The molecule has 5 rings (SSSR count). The maximum atomic E-state index is 11.2. The van der Waals surface area contributed by atoms with Crippen molar-refractivity contribution in [1.29, 1.82) is 0 Å². The zero-order valence-electron chi connectivity index (χ0n) is 18.9. The Morgan fingerprint density at radius 2 is 1.58 bits per heavy atom. The first-order valence-electron chi connectivity index (χ1n) is 11.5. The van der Waals surface area contributed by atoms with E-state index < -0.39 is 0 Å². The van der Waals surface area contributed by atoms with E-state index in [-0.39, 0.29) is 22.6 Å². The van der Waals surface area contributed by atoms with Crippen LogP contribution in [0.5, 0.6) is 0 Å². The van der Waals surface area contributed by atoms with Gasteiger partial charge in [0.2, 0.25) is 0 Å². The lowest BCUT2D eigenvalue weighted by molar-refractivity contribution is -0.384. The van der Waals surface area contributed by atoms with Crippen molar-refractivity contribution >= 4 is 23.2 Å². The molecule has 33 heavy (non-hydrogen) atoms. The summed E-state index contributed by atoms with van der Waals surface area (Å²) in [5.74, 6) is 0.286. The Labute approximate surface area is 194 Å². The lowest BCUT2D eigenvalue weighted by Gasteiger charge is -2.30. The van der Waals surface area contributed by atoms with Crippen LogP contribution < -0.4 is 5.01 Å². The number of benzene rings is 3. The van der Waals surface area contributed by atoms with Gasteiger partial charge in [-0.05, 0) is 68.0 Å². The van der Waals surface area contributed by atoms with E-state index in [1.807, 2.05) is 12.1 Å². The monoisotopic (exact) mass is 437 g/mol. The fraction of sp³-hybridized carbons (Fsp3) is 0.250. The molecule has 0 aromatic heterocycles. The van der Waals surface area contributed by atoms with Gasteiger partial charge in [0.05, 0.1) is 22.4 Å². The molecule has 0 radical (unpaired) electrons. The summed E-state index contributed by atoms with van der Waals surface area (Å²) >= 11 is 0. The molecular formula is C28H27N3O2. The molecule has 5 nitrogen and oxygen atoms in total. The summed E-state index contributed by atoms with van der Waals surface area (Å²) in [6, 6.07) is 24.1. The van der Waals surface area contributed by atoms with Crippen LogP contribution in [-0.2, 0) is 0 Å². The van der Waals surface area contributed by atoms with Gasteiger partial charge in [0, 0.05) is 18.1 Å². The van der Waals surface area contributed by atoms with Crippen molar-refractivity contribution in [2.45, 2.75) is 39.2 Å². The van der Waals surface area contributed by atoms with Crippen LogP contribution in [0.3, 0.4) is 0 Å². The Morgan fingerprint density at radius 1 is 0.939 bits per heavy atom. The van der Waals surface area contributed by atoms with Gasteiger partial charge in [-0.2, -0.15) is 5.10 Å². The van der Waals surface area contributed by atoms with Gasteiger partial charge in [-0.15, -0.1) is 0 Å². The van der Waals surface area contributed by atoms with Gasteiger partial charge < -0.3 is 0 Å². The van der Waals surface area contributed by atoms with Crippen molar-refractivity contribution in [3.8, 4) is 0 Å². The zero-order chi connectivity index (χ0) is 22.9. The lowest BCUT2D eigenvalue weighted by Crippen LogP contribution is -2.28. The van der Waals surface area contributed by atoms with Crippen LogP contribution in [0.1, 0.15) is 47.6 Å². The van der Waals surface area contributed by atoms with Gasteiger partial charge in [0.1, 0.15) is 0 Å². The molecule has 1 fully saturated rings. The number of fused-ring (bicyclic) bond motifs is 1. The van der Waals surface area contributed by atoms with E-state index >= 15 is 0 Å². The van der Waals surface area contributed by atoms with Crippen molar-refractivity contribution in [3.63, 3.8) is 0 Å². The number of hydrogen-bond donors (Lipinski definition) is 0. The molecule has 166 valence electrons. The Balaban J connectivity index is 1.58. The number of nitrogens with zero attached hydrogens (tertiary/aromatic N) is 3. The number of nitro groups is 1. The third-order valence-electron chi connectivity index (χ3n) is 6.66. The summed E-state index contributed by atoms with van der Waals surface area (Å²) in [6.45, 7) is 4.19. The highest BCUT2D eigenvalue weighted by atomic mass is 16.6. The maximum Gasteiger partial charge on any atom is 0.269 e. The Bertz CT molecular complexity index is 1230. The molecule has 0 bridgehead atoms. The first kappa shape index (κ1) is 21.1. The average molecular weight is 438 g/mol. The summed E-state index contributed by atoms with van der Waals surface area (Å²) in [4.78, 5) is 10.8. The molecule has 5 heteroatoms. The maximum absolute atomic E-state index is 11.2. The molecule has 0 amide bonds. The molecule has 1 saturated carbocycles. The van der Waals surface area contributed by atoms with Crippen LogP contribution in [0, 0.1) is 29.9 Å². The summed E-state index contributed by atoms with van der Waals surface area (Å²) in [6.07, 6.45) is 5.48. The predicted molar refractivity (Wildman–Crippen MR) is 133 cm³/mol. The van der Waals surface area contributed by atoms with Crippen LogP contribution >= 0.6 is 0 Å². The normalized spacial score (nSPS) is 21.1. The van der Waals surface area contributed by atoms with Crippen LogP contribution in [0.15, 0.2) is 83.5 Å². The van der Waals surface area contributed by atoms with Gasteiger partial charge in [-0.3, -0.25) is 15.1 Å². The van der Waals surface area contributed by atoms with Gasteiger partial charge in [0.15, 0.2) is 0 Å². The summed E-state index contributed by atoms with van der Waals surface area (Å²) < 4.78 is 0. The second kappa shape index (κ2) is 8.66. The van der Waals surface area contributed by atoms with Crippen molar-refractivity contribution < 1.29 is 4.92 Å². The van der Waals surface area contributed by atoms with Crippen LogP contribution in [-0.4, -0.2) is 10.6 Å². The van der Waals surface area contributed by atoms with Gasteiger partial charge in [-0.1, -0.05) is 59.7 Å². The first-order chi connectivity index (χ1) is 16.0. The van der Waals surface area contributed by atoms with Crippen molar-refractivity contribution in [3.05, 3.63) is 111 Å². The number of rotatable bonds is 4. The van der Waals surface area contributed by atoms with E-state index in [1.54, 1.807) is 12.1 Å². The van der Waals surface area contributed by atoms with Gasteiger partial charge in [-0.25, -0.2) is 0 Å². The average Bonchev–Trinajstić information content (AvgIpc) is 3.22. The highest BCUT2D eigenvalue weighted by Gasteiger charge is 2.41. The molecular weight excluding hydrogens is 410 g/mol. The molecule has 1 aliphatic heterocycles. The minimum Gasteiger partial charge on any atom is -0.258 e. The predicted octanol–water partition coefficient (Wildman–Crippen LogP) is 7.01. The number of hydrazone groups is 1. The van der Waals surface area contributed by atoms with E-state index in [2.05, 4.69) is 73.5 Å².